The predicted molar refractivity (Wildman–Crippen MR) is 94.2 cm³/mol. The van der Waals surface area contributed by atoms with Crippen molar-refractivity contribution in [2.45, 2.75) is 50.7 Å². The van der Waals surface area contributed by atoms with E-state index in [1.165, 1.54) is 17.5 Å². The molecule has 0 bridgehead atoms. The van der Waals surface area contributed by atoms with E-state index >= 15 is 0 Å². The SMILES string of the molecule is CCN(C)S(=O)(=O)c1ccc(OC)c(B2OC(C)(C)C(C)(C)O2)c1. The smallest absolute Gasteiger partial charge is 0.497 e. The molecular weight excluding hydrogens is 329 g/mol. The summed E-state index contributed by atoms with van der Waals surface area (Å²) >= 11 is 0. The van der Waals surface area contributed by atoms with Crippen LogP contribution in [-0.4, -0.2) is 51.7 Å². The summed E-state index contributed by atoms with van der Waals surface area (Å²) < 4.78 is 43.9. The Balaban J connectivity index is 2.49. The van der Waals surface area contributed by atoms with Gasteiger partial charge in [0.1, 0.15) is 5.75 Å². The highest BCUT2D eigenvalue weighted by Crippen LogP contribution is 2.37. The minimum atomic E-state index is -3.56. The maximum atomic E-state index is 12.6. The number of hydrogen-bond donors (Lipinski definition) is 0. The fourth-order valence-electron chi connectivity index (χ4n) is 2.38. The summed E-state index contributed by atoms with van der Waals surface area (Å²) in [6, 6.07) is 4.74. The summed E-state index contributed by atoms with van der Waals surface area (Å²) in [5.74, 6) is 0.534. The molecule has 0 saturated carbocycles. The van der Waals surface area contributed by atoms with E-state index in [2.05, 4.69) is 0 Å². The third-order valence-electron chi connectivity index (χ3n) is 4.86. The molecule has 0 radical (unpaired) electrons. The van der Waals surface area contributed by atoms with Gasteiger partial charge in [0.05, 0.1) is 23.2 Å². The number of rotatable bonds is 5. The Morgan fingerprint density at radius 1 is 1.17 bits per heavy atom. The monoisotopic (exact) mass is 355 g/mol. The summed E-state index contributed by atoms with van der Waals surface area (Å²) in [5.41, 5.74) is -0.461. The van der Waals surface area contributed by atoms with Crippen molar-refractivity contribution in [3.8, 4) is 5.75 Å². The van der Waals surface area contributed by atoms with E-state index in [9.17, 15) is 8.42 Å². The molecule has 24 heavy (non-hydrogen) atoms. The van der Waals surface area contributed by atoms with Crippen LogP contribution in [0.15, 0.2) is 23.1 Å². The molecule has 0 atom stereocenters. The first-order valence-corrected chi connectivity index (χ1v) is 9.40. The Hall–Kier alpha value is -1.09. The van der Waals surface area contributed by atoms with Crippen molar-refractivity contribution in [3.63, 3.8) is 0 Å². The Bertz CT molecular complexity index is 701. The van der Waals surface area contributed by atoms with Crippen LogP contribution in [0.1, 0.15) is 34.6 Å². The van der Waals surface area contributed by atoms with E-state index in [1.807, 2.05) is 27.7 Å². The zero-order chi connectivity index (χ0) is 18.3. The normalized spacial score (nSPS) is 19.8. The third kappa shape index (κ3) is 3.20. The van der Waals surface area contributed by atoms with Crippen molar-refractivity contribution >= 4 is 22.6 Å². The van der Waals surface area contributed by atoms with Crippen LogP contribution in [0.2, 0.25) is 0 Å². The number of sulfonamides is 1. The average molecular weight is 355 g/mol. The maximum absolute atomic E-state index is 12.6. The van der Waals surface area contributed by atoms with Crippen LogP contribution < -0.4 is 10.2 Å². The lowest BCUT2D eigenvalue weighted by molar-refractivity contribution is 0.00578. The van der Waals surface area contributed by atoms with E-state index in [1.54, 1.807) is 26.1 Å². The highest BCUT2D eigenvalue weighted by Gasteiger charge is 2.52. The van der Waals surface area contributed by atoms with Gasteiger partial charge in [-0.3, -0.25) is 0 Å². The van der Waals surface area contributed by atoms with Crippen LogP contribution >= 0.6 is 0 Å². The summed E-state index contributed by atoms with van der Waals surface area (Å²) in [6.45, 7) is 9.97. The summed E-state index contributed by atoms with van der Waals surface area (Å²) in [6.07, 6.45) is 0. The first-order valence-electron chi connectivity index (χ1n) is 7.96. The van der Waals surface area contributed by atoms with Crippen LogP contribution in [-0.2, 0) is 19.3 Å². The van der Waals surface area contributed by atoms with E-state index in [4.69, 9.17) is 14.0 Å². The minimum absolute atomic E-state index is 0.192. The Labute approximate surface area is 145 Å². The molecule has 1 aromatic rings. The lowest BCUT2D eigenvalue weighted by atomic mass is 9.78. The van der Waals surface area contributed by atoms with E-state index < -0.39 is 28.3 Å². The first kappa shape index (κ1) is 19.2. The summed E-state index contributed by atoms with van der Waals surface area (Å²) in [5, 5.41) is 0. The molecule has 1 aromatic carbocycles. The van der Waals surface area contributed by atoms with Crippen LogP contribution in [0.3, 0.4) is 0 Å². The number of hydrogen-bond acceptors (Lipinski definition) is 5. The first-order chi connectivity index (χ1) is 11.0. The summed E-state index contributed by atoms with van der Waals surface area (Å²) in [4.78, 5) is 0.192. The molecule has 134 valence electrons. The second-order valence-corrected chi connectivity index (χ2v) is 8.96. The van der Waals surface area contributed by atoms with Crippen molar-refractivity contribution in [1.29, 1.82) is 0 Å². The Morgan fingerprint density at radius 2 is 1.71 bits per heavy atom. The van der Waals surface area contributed by atoms with Crippen LogP contribution in [0.4, 0.5) is 0 Å². The Kier molecular flexibility index (Phi) is 5.08. The van der Waals surface area contributed by atoms with Crippen molar-refractivity contribution in [2.24, 2.45) is 0 Å². The van der Waals surface area contributed by atoms with Gasteiger partial charge in [-0.05, 0) is 45.9 Å². The molecule has 0 unspecified atom stereocenters. The Morgan fingerprint density at radius 3 is 2.17 bits per heavy atom. The molecule has 8 heteroatoms. The molecule has 2 rings (SSSR count). The second-order valence-electron chi connectivity index (χ2n) is 6.91. The van der Waals surface area contributed by atoms with Gasteiger partial charge in [0.25, 0.3) is 0 Å². The van der Waals surface area contributed by atoms with Gasteiger partial charge in [0.2, 0.25) is 10.0 Å². The minimum Gasteiger partial charge on any atom is -0.497 e. The largest absolute Gasteiger partial charge is 0.498 e. The highest BCUT2D eigenvalue weighted by molar-refractivity contribution is 7.89. The fraction of sp³-hybridized carbons (Fsp3) is 0.625. The number of methoxy groups -OCH3 is 1. The molecule has 1 fully saturated rings. The quantitative estimate of drug-likeness (QED) is 0.752. The molecule has 1 saturated heterocycles. The van der Waals surface area contributed by atoms with Crippen LogP contribution in [0.25, 0.3) is 0 Å². The zero-order valence-corrected chi connectivity index (χ0v) is 16.2. The van der Waals surface area contributed by atoms with E-state index in [0.29, 0.717) is 17.8 Å². The molecule has 0 N–H and O–H groups in total. The van der Waals surface area contributed by atoms with E-state index in [0.717, 1.165) is 0 Å². The van der Waals surface area contributed by atoms with Gasteiger partial charge >= 0.3 is 7.12 Å². The molecule has 0 aliphatic carbocycles. The fourth-order valence-corrected chi connectivity index (χ4v) is 3.59. The van der Waals surface area contributed by atoms with Crippen molar-refractivity contribution in [2.75, 3.05) is 20.7 Å². The standard InChI is InChI=1S/C16H26BNO5S/c1-8-18(6)24(19,20)12-9-10-14(21-7)13(11-12)17-22-15(2,3)16(4,5)23-17/h9-11H,8H2,1-7H3. The summed E-state index contributed by atoms with van der Waals surface area (Å²) in [7, 11) is -1.16. The lowest BCUT2D eigenvalue weighted by Gasteiger charge is -2.32. The highest BCUT2D eigenvalue weighted by atomic mass is 32.2. The topological polar surface area (TPSA) is 65.1 Å². The average Bonchev–Trinajstić information content (AvgIpc) is 2.73. The molecule has 0 spiro atoms. The van der Waals surface area contributed by atoms with E-state index in [-0.39, 0.29) is 4.90 Å². The maximum Gasteiger partial charge on any atom is 0.498 e. The molecule has 6 nitrogen and oxygen atoms in total. The molecule has 1 aliphatic heterocycles. The van der Waals surface area contributed by atoms with Gasteiger partial charge in [-0.1, -0.05) is 6.92 Å². The van der Waals surface area contributed by atoms with Crippen molar-refractivity contribution < 1.29 is 22.5 Å². The van der Waals surface area contributed by atoms with Gasteiger partial charge < -0.3 is 14.0 Å². The number of benzene rings is 1. The number of nitrogens with zero attached hydrogens (tertiary/aromatic N) is 1. The van der Waals surface area contributed by atoms with Gasteiger partial charge in [-0.25, -0.2) is 12.7 Å². The third-order valence-corrected chi connectivity index (χ3v) is 6.79. The molecule has 1 heterocycles. The second kappa shape index (κ2) is 6.33. The molecule has 0 aromatic heterocycles. The number of ether oxygens (including phenoxy) is 1. The van der Waals surface area contributed by atoms with Gasteiger partial charge in [0, 0.05) is 19.1 Å². The van der Waals surface area contributed by atoms with Crippen LogP contribution in [0.5, 0.6) is 5.75 Å². The van der Waals surface area contributed by atoms with Gasteiger partial charge in [-0.15, -0.1) is 0 Å². The zero-order valence-electron chi connectivity index (χ0n) is 15.4. The van der Waals surface area contributed by atoms with Crippen molar-refractivity contribution in [1.82, 2.24) is 4.31 Å². The van der Waals surface area contributed by atoms with Gasteiger partial charge in [-0.2, -0.15) is 0 Å². The molecule has 1 aliphatic rings. The lowest BCUT2D eigenvalue weighted by Crippen LogP contribution is -2.41. The predicted octanol–water partition coefficient (Wildman–Crippen LogP) is 1.63. The molecule has 0 amide bonds. The van der Waals surface area contributed by atoms with Crippen molar-refractivity contribution in [3.05, 3.63) is 18.2 Å². The molecular formula is C16H26BNO5S. The van der Waals surface area contributed by atoms with Gasteiger partial charge in [0.15, 0.2) is 0 Å². The van der Waals surface area contributed by atoms with Crippen LogP contribution in [0, 0.1) is 0 Å².